The van der Waals surface area contributed by atoms with E-state index < -0.39 is 30.0 Å². The molecule has 3 nitrogen and oxygen atoms in total. The van der Waals surface area contributed by atoms with Crippen LogP contribution in [-0.4, -0.2) is 19.2 Å². The van der Waals surface area contributed by atoms with Gasteiger partial charge in [0, 0.05) is 12.0 Å². The minimum atomic E-state index is -3.27. The van der Waals surface area contributed by atoms with Crippen molar-refractivity contribution in [1.82, 2.24) is 0 Å². The maximum absolute atomic E-state index is 13.9. The number of ether oxygens (including phenoxy) is 1. The lowest BCUT2D eigenvalue weighted by Crippen LogP contribution is -2.37. The summed E-state index contributed by atoms with van der Waals surface area (Å²) < 4.78 is 56.7. The van der Waals surface area contributed by atoms with E-state index in [2.05, 4.69) is 10.8 Å². The van der Waals surface area contributed by atoms with Crippen molar-refractivity contribution in [1.29, 1.82) is 5.26 Å². The van der Waals surface area contributed by atoms with Crippen molar-refractivity contribution in [3.8, 4) is 11.8 Å². The Morgan fingerprint density at radius 3 is 2.52 bits per heavy atom. The van der Waals surface area contributed by atoms with Gasteiger partial charge in [-0.2, -0.15) is 18.4 Å². The first kappa shape index (κ1) is 15.9. The summed E-state index contributed by atoms with van der Waals surface area (Å²) >= 11 is 0. The molecule has 0 radical (unpaired) electrons. The smallest absolute Gasteiger partial charge is 0.387 e. The van der Waals surface area contributed by atoms with Gasteiger partial charge in [-0.05, 0) is 31.4 Å². The van der Waals surface area contributed by atoms with Gasteiger partial charge >= 0.3 is 6.61 Å². The number of hydrogen-bond acceptors (Lipinski definition) is 3. The molecule has 1 saturated heterocycles. The molecule has 23 heavy (non-hydrogen) atoms. The molecule has 2 fully saturated rings. The molecule has 7 heteroatoms. The van der Waals surface area contributed by atoms with Crippen molar-refractivity contribution in [3.05, 3.63) is 23.8 Å². The lowest BCUT2D eigenvalue weighted by molar-refractivity contribution is -0.0521. The van der Waals surface area contributed by atoms with Crippen LogP contribution < -0.4 is 9.64 Å². The summed E-state index contributed by atoms with van der Waals surface area (Å²) in [6, 6.07) is 3.76. The molecular weight excluding hydrogens is 312 g/mol. The van der Waals surface area contributed by atoms with Crippen LogP contribution in [-0.2, 0) is 0 Å². The molecule has 1 aliphatic heterocycles. The topological polar surface area (TPSA) is 36.3 Å². The Balaban J connectivity index is 2.01. The monoisotopic (exact) mass is 328 g/mol. The Morgan fingerprint density at radius 2 is 1.91 bits per heavy atom. The first-order valence-electron chi connectivity index (χ1n) is 7.57. The van der Waals surface area contributed by atoms with Crippen molar-refractivity contribution >= 4 is 5.69 Å². The van der Waals surface area contributed by atoms with Crippen LogP contribution in [0.2, 0.25) is 0 Å². The third-order valence-electron chi connectivity index (χ3n) is 5.01. The summed E-state index contributed by atoms with van der Waals surface area (Å²) in [7, 11) is 0. The predicted octanol–water partition coefficient (Wildman–Crippen LogP) is 4.23. The van der Waals surface area contributed by atoms with E-state index in [0.717, 1.165) is 38.2 Å². The zero-order chi connectivity index (χ0) is 16.6. The number of nitriles is 1. The fourth-order valence-corrected chi connectivity index (χ4v) is 3.96. The second-order valence-electron chi connectivity index (χ2n) is 6.13. The molecule has 0 amide bonds. The molecular formula is C16H16F4N2O. The van der Waals surface area contributed by atoms with Crippen LogP contribution in [0.5, 0.6) is 5.75 Å². The molecule has 1 aromatic carbocycles. The Hall–Kier alpha value is -1.97. The van der Waals surface area contributed by atoms with E-state index in [1.54, 1.807) is 4.90 Å². The highest BCUT2D eigenvalue weighted by atomic mass is 19.3. The van der Waals surface area contributed by atoms with E-state index >= 15 is 0 Å². The highest BCUT2D eigenvalue weighted by Gasteiger charge is 2.50. The summed E-state index contributed by atoms with van der Waals surface area (Å²) in [6.07, 6.45) is 4.54. The minimum absolute atomic E-state index is 0.0134. The lowest BCUT2D eigenvalue weighted by Gasteiger charge is -2.31. The lowest BCUT2D eigenvalue weighted by atomic mass is 9.79. The second-order valence-corrected chi connectivity index (χ2v) is 6.13. The van der Waals surface area contributed by atoms with Crippen LogP contribution in [0.1, 0.15) is 32.1 Å². The molecule has 1 heterocycles. The summed E-state index contributed by atoms with van der Waals surface area (Å²) in [6.45, 7) is -2.84. The van der Waals surface area contributed by atoms with Gasteiger partial charge in [-0.1, -0.05) is 12.8 Å². The second kappa shape index (κ2) is 5.91. The van der Waals surface area contributed by atoms with Gasteiger partial charge in [0.2, 0.25) is 5.82 Å². The fraction of sp³-hybridized carbons (Fsp3) is 0.562. The van der Waals surface area contributed by atoms with Crippen molar-refractivity contribution in [2.24, 2.45) is 5.41 Å². The third-order valence-corrected chi connectivity index (χ3v) is 5.01. The Bertz CT molecular complexity index is 638. The highest BCUT2D eigenvalue weighted by Crippen LogP contribution is 2.52. The van der Waals surface area contributed by atoms with E-state index in [-0.39, 0.29) is 11.1 Å². The Morgan fingerprint density at radius 1 is 1.22 bits per heavy atom. The molecule has 3 rings (SSSR count). The van der Waals surface area contributed by atoms with Crippen LogP contribution in [0, 0.1) is 28.4 Å². The van der Waals surface area contributed by atoms with Crippen LogP contribution in [0.3, 0.4) is 0 Å². The molecule has 1 unspecified atom stereocenters. The van der Waals surface area contributed by atoms with Gasteiger partial charge in [-0.15, -0.1) is 0 Å². The van der Waals surface area contributed by atoms with Gasteiger partial charge in [-0.25, -0.2) is 4.39 Å². The third kappa shape index (κ3) is 2.60. The fourth-order valence-electron chi connectivity index (χ4n) is 3.96. The van der Waals surface area contributed by atoms with Crippen molar-refractivity contribution in [2.45, 2.75) is 44.8 Å². The Labute approximate surface area is 131 Å². The average molecular weight is 328 g/mol. The van der Waals surface area contributed by atoms with E-state index in [0.29, 0.717) is 6.54 Å². The highest BCUT2D eigenvalue weighted by molar-refractivity contribution is 5.62. The minimum Gasteiger partial charge on any atom is -0.429 e. The standard InChI is InChI=1S/C16H16F4N2O/c17-10-3-4-11(14(13(10)18)23-15(19)20)22-8-7-16(12(22)9-21)5-1-2-6-16/h3-4,12,15H,1-2,5-8H2. The summed E-state index contributed by atoms with van der Waals surface area (Å²) in [4.78, 5) is 1.57. The van der Waals surface area contributed by atoms with Gasteiger partial charge in [0.05, 0.1) is 11.8 Å². The van der Waals surface area contributed by atoms with E-state index in [4.69, 9.17) is 0 Å². The molecule has 0 N–H and O–H groups in total. The van der Waals surface area contributed by atoms with Gasteiger partial charge in [-0.3, -0.25) is 0 Å². The van der Waals surface area contributed by atoms with Crippen LogP contribution in [0.25, 0.3) is 0 Å². The van der Waals surface area contributed by atoms with Crippen molar-refractivity contribution < 1.29 is 22.3 Å². The van der Waals surface area contributed by atoms with Crippen LogP contribution in [0.15, 0.2) is 12.1 Å². The number of nitrogens with zero attached hydrogens (tertiary/aromatic N) is 2. The van der Waals surface area contributed by atoms with E-state index in [1.807, 2.05) is 0 Å². The van der Waals surface area contributed by atoms with Crippen molar-refractivity contribution in [3.63, 3.8) is 0 Å². The number of hydrogen-bond donors (Lipinski definition) is 0. The molecule has 1 aromatic rings. The van der Waals surface area contributed by atoms with Crippen LogP contribution >= 0.6 is 0 Å². The first-order chi connectivity index (χ1) is 11.0. The summed E-state index contributed by atoms with van der Waals surface area (Å²) in [5, 5.41) is 9.57. The maximum Gasteiger partial charge on any atom is 0.387 e. The molecule has 124 valence electrons. The van der Waals surface area contributed by atoms with Gasteiger partial charge in [0.1, 0.15) is 6.04 Å². The van der Waals surface area contributed by atoms with E-state index in [9.17, 15) is 22.8 Å². The van der Waals surface area contributed by atoms with Gasteiger partial charge in [0.15, 0.2) is 11.6 Å². The van der Waals surface area contributed by atoms with E-state index in [1.165, 1.54) is 6.07 Å². The molecule has 2 aliphatic rings. The number of rotatable bonds is 3. The van der Waals surface area contributed by atoms with Crippen molar-refractivity contribution in [2.75, 3.05) is 11.4 Å². The van der Waals surface area contributed by atoms with Gasteiger partial charge < -0.3 is 9.64 Å². The normalized spacial score (nSPS) is 22.8. The first-order valence-corrected chi connectivity index (χ1v) is 7.57. The Kier molecular flexibility index (Phi) is 4.09. The number of benzene rings is 1. The molecule has 0 bridgehead atoms. The molecule has 1 aliphatic carbocycles. The maximum atomic E-state index is 13.9. The van der Waals surface area contributed by atoms with Gasteiger partial charge in [0.25, 0.3) is 0 Å². The summed E-state index contributed by atoms with van der Waals surface area (Å²) in [5.74, 6) is -3.53. The zero-order valence-corrected chi connectivity index (χ0v) is 12.4. The van der Waals surface area contributed by atoms with Crippen LogP contribution in [0.4, 0.5) is 23.2 Å². The quantitative estimate of drug-likeness (QED) is 0.779. The average Bonchev–Trinajstić information content (AvgIpc) is 3.12. The largest absolute Gasteiger partial charge is 0.429 e. The molecule has 0 aromatic heterocycles. The number of alkyl halides is 2. The predicted molar refractivity (Wildman–Crippen MR) is 75.3 cm³/mol. The number of halogens is 4. The summed E-state index contributed by atoms with van der Waals surface area (Å²) in [5.41, 5.74) is -0.179. The molecule has 1 spiro atoms. The molecule has 1 atom stereocenters. The number of anilines is 1. The molecule has 1 saturated carbocycles. The SMILES string of the molecule is N#CC1N(c2ccc(F)c(F)c2OC(F)F)CCC12CCCC2. The zero-order valence-electron chi connectivity index (χ0n) is 12.4.